The molecule has 2 aromatic rings. The average Bonchev–Trinajstić information content (AvgIpc) is 2.60. The Morgan fingerprint density at radius 1 is 1.26 bits per heavy atom. The molecule has 0 aliphatic rings. The van der Waals surface area contributed by atoms with Crippen molar-refractivity contribution in [2.75, 3.05) is 25.5 Å². The van der Waals surface area contributed by atoms with Gasteiger partial charge in [0.05, 0.1) is 11.3 Å². The van der Waals surface area contributed by atoms with Crippen molar-refractivity contribution in [1.29, 1.82) is 5.26 Å². The summed E-state index contributed by atoms with van der Waals surface area (Å²) in [5, 5.41) is 12.2. The Labute approximate surface area is 136 Å². The number of aromatic nitrogens is 1. The number of nitrogens with zero attached hydrogens (tertiary/aromatic N) is 3. The lowest BCUT2D eigenvalue weighted by molar-refractivity contribution is -0.129. The summed E-state index contributed by atoms with van der Waals surface area (Å²) in [5.41, 5.74) is 2.52. The van der Waals surface area contributed by atoms with Gasteiger partial charge in [-0.05, 0) is 36.2 Å². The summed E-state index contributed by atoms with van der Waals surface area (Å²) in [5.74, 6) is 0.0843. The lowest BCUT2D eigenvalue weighted by Gasteiger charge is -2.17. The molecule has 5 nitrogen and oxygen atoms in total. The molecule has 1 amide bonds. The van der Waals surface area contributed by atoms with Gasteiger partial charge >= 0.3 is 0 Å². The van der Waals surface area contributed by atoms with Crippen LogP contribution in [0.1, 0.15) is 17.5 Å². The molecule has 118 valence electrons. The Morgan fingerprint density at radius 2 is 2.00 bits per heavy atom. The monoisotopic (exact) mass is 308 g/mol. The van der Waals surface area contributed by atoms with E-state index in [9.17, 15) is 4.79 Å². The lowest BCUT2D eigenvalue weighted by Crippen LogP contribution is -2.30. The van der Waals surface area contributed by atoms with Gasteiger partial charge in [0.1, 0.15) is 6.07 Å². The van der Waals surface area contributed by atoms with E-state index in [-0.39, 0.29) is 5.91 Å². The quantitative estimate of drug-likeness (QED) is 0.853. The molecular weight excluding hydrogens is 288 g/mol. The SMILES string of the molecule is CN(CCc1ccncc1)C(=O)CCNc1ccccc1C#N. The molecule has 1 heterocycles. The molecule has 0 radical (unpaired) electrons. The molecule has 0 saturated heterocycles. The van der Waals surface area contributed by atoms with Gasteiger partial charge in [0.15, 0.2) is 0 Å². The number of para-hydroxylation sites is 1. The van der Waals surface area contributed by atoms with E-state index < -0.39 is 0 Å². The number of carbonyl (C=O) groups is 1. The number of nitriles is 1. The van der Waals surface area contributed by atoms with Crippen LogP contribution in [0.2, 0.25) is 0 Å². The number of anilines is 1. The number of pyridine rings is 1. The minimum absolute atomic E-state index is 0.0843. The van der Waals surface area contributed by atoms with E-state index in [1.54, 1.807) is 23.4 Å². The highest BCUT2D eigenvalue weighted by Gasteiger charge is 2.09. The van der Waals surface area contributed by atoms with E-state index in [2.05, 4.69) is 16.4 Å². The van der Waals surface area contributed by atoms with E-state index in [0.29, 0.717) is 25.1 Å². The van der Waals surface area contributed by atoms with Crippen LogP contribution in [0.4, 0.5) is 5.69 Å². The van der Waals surface area contributed by atoms with Crippen LogP contribution >= 0.6 is 0 Å². The van der Waals surface area contributed by atoms with Crippen molar-refractivity contribution in [2.24, 2.45) is 0 Å². The molecule has 0 saturated carbocycles. The Morgan fingerprint density at radius 3 is 2.74 bits per heavy atom. The lowest BCUT2D eigenvalue weighted by atomic mass is 10.2. The van der Waals surface area contributed by atoms with Gasteiger partial charge in [0.2, 0.25) is 5.91 Å². The summed E-state index contributed by atoms with van der Waals surface area (Å²) in [6.45, 7) is 1.19. The van der Waals surface area contributed by atoms with E-state index >= 15 is 0 Å². The first-order valence-corrected chi connectivity index (χ1v) is 7.56. The fraction of sp³-hybridized carbons (Fsp3) is 0.278. The van der Waals surface area contributed by atoms with Gasteiger partial charge in [-0.15, -0.1) is 0 Å². The molecule has 0 bridgehead atoms. The number of hydrogen-bond acceptors (Lipinski definition) is 4. The molecule has 23 heavy (non-hydrogen) atoms. The Kier molecular flexibility index (Phi) is 6.13. The molecule has 0 spiro atoms. The zero-order valence-electron chi connectivity index (χ0n) is 13.2. The molecule has 1 aromatic carbocycles. The Bertz CT molecular complexity index is 679. The van der Waals surface area contributed by atoms with Crippen molar-refractivity contribution in [1.82, 2.24) is 9.88 Å². The van der Waals surface area contributed by atoms with Crippen LogP contribution in [-0.2, 0) is 11.2 Å². The number of likely N-dealkylation sites (N-methyl/N-ethyl adjacent to an activating group) is 1. The predicted molar refractivity (Wildman–Crippen MR) is 89.8 cm³/mol. The van der Waals surface area contributed by atoms with Crippen LogP contribution in [0.15, 0.2) is 48.8 Å². The summed E-state index contributed by atoms with van der Waals surface area (Å²) in [7, 11) is 1.81. The third kappa shape index (κ3) is 5.11. The van der Waals surface area contributed by atoms with Gasteiger partial charge in [-0.25, -0.2) is 0 Å². The van der Waals surface area contributed by atoms with Crippen molar-refractivity contribution >= 4 is 11.6 Å². The second-order valence-corrected chi connectivity index (χ2v) is 5.25. The molecule has 0 unspecified atom stereocenters. The summed E-state index contributed by atoms with van der Waals surface area (Å²) in [6, 6.07) is 13.3. The van der Waals surface area contributed by atoms with Crippen LogP contribution in [0.3, 0.4) is 0 Å². The van der Waals surface area contributed by atoms with Crippen molar-refractivity contribution in [3.8, 4) is 6.07 Å². The molecule has 0 atom stereocenters. The average molecular weight is 308 g/mol. The number of benzene rings is 1. The van der Waals surface area contributed by atoms with Crippen LogP contribution in [-0.4, -0.2) is 35.9 Å². The van der Waals surface area contributed by atoms with Crippen LogP contribution < -0.4 is 5.32 Å². The highest BCUT2D eigenvalue weighted by atomic mass is 16.2. The van der Waals surface area contributed by atoms with Gasteiger partial charge < -0.3 is 10.2 Å². The van der Waals surface area contributed by atoms with E-state index in [1.807, 2.05) is 37.4 Å². The standard InChI is InChI=1S/C18H20N4O/c1-22(13-9-15-6-10-20-11-7-15)18(23)8-12-21-17-5-3-2-4-16(17)14-19/h2-7,10-11,21H,8-9,12-13H2,1H3. The van der Waals surface area contributed by atoms with Crippen LogP contribution in [0.5, 0.6) is 0 Å². The maximum atomic E-state index is 12.1. The zero-order chi connectivity index (χ0) is 16.5. The maximum absolute atomic E-state index is 12.1. The van der Waals surface area contributed by atoms with E-state index in [4.69, 9.17) is 5.26 Å². The number of amides is 1. The second-order valence-electron chi connectivity index (χ2n) is 5.25. The minimum Gasteiger partial charge on any atom is -0.383 e. The number of nitrogens with one attached hydrogen (secondary N) is 1. The molecule has 0 aliphatic carbocycles. The Hall–Kier alpha value is -2.87. The maximum Gasteiger partial charge on any atom is 0.224 e. The molecule has 5 heteroatoms. The first-order valence-electron chi connectivity index (χ1n) is 7.56. The van der Waals surface area contributed by atoms with Gasteiger partial charge in [0, 0.05) is 39.0 Å². The smallest absolute Gasteiger partial charge is 0.224 e. The second kappa shape index (κ2) is 8.54. The molecule has 1 N–H and O–H groups in total. The molecule has 0 fully saturated rings. The summed E-state index contributed by atoms with van der Waals surface area (Å²) in [6.07, 6.45) is 4.73. The first-order chi connectivity index (χ1) is 11.2. The molecule has 0 aliphatic heterocycles. The fourth-order valence-corrected chi connectivity index (χ4v) is 2.20. The third-order valence-electron chi connectivity index (χ3n) is 3.61. The summed E-state index contributed by atoms with van der Waals surface area (Å²) >= 11 is 0. The highest BCUT2D eigenvalue weighted by molar-refractivity contribution is 5.76. The summed E-state index contributed by atoms with van der Waals surface area (Å²) < 4.78 is 0. The first kappa shape index (κ1) is 16.5. The molecular formula is C18H20N4O. The largest absolute Gasteiger partial charge is 0.383 e. The van der Waals surface area contributed by atoms with Crippen molar-refractivity contribution in [3.05, 3.63) is 59.9 Å². The van der Waals surface area contributed by atoms with Crippen molar-refractivity contribution in [3.63, 3.8) is 0 Å². The van der Waals surface area contributed by atoms with Gasteiger partial charge in [-0.2, -0.15) is 5.26 Å². The highest BCUT2D eigenvalue weighted by Crippen LogP contribution is 2.13. The summed E-state index contributed by atoms with van der Waals surface area (Å²) in [4.78, 5) is 17.8. The number of hydrogen-bond donors (Lipinski definition) is 1. The van der Waals surface area contributed by atoms with Crippen molar-refractivity contribution < 1.29 is 4.79 Å². The van der Waals surface area contributed by atoms with E-state index in [1.165, 1.54) is 5.56 Å². The van der Waals surface area contributed by atoms with Crippen LogP contribution in [0.25, 0.3) is 0 Å². The Balaban J connectivity index is 1.75. The number of rotatable bonds is 7. The fourth-order valence-electron chi connectivity index (χ4n) is 2.20. The zero-order valence-corrected chi connectivity index (χ0v) is 13.2. The van der Waals surface area contributed by atoms with Gasteiger partial charge in [0.25, 0.3) is 0 Å². The normalized spacial score (nSPS) is 9.91. The third-order valence-corrected chi connectivity index (χ3v) is 3.61. The van der Waals surface area contributed by atoms with Crippen LogP contribution in [0, 0.1) is 11.3 Å². The molecule has 2 rings (SSSR count). The topological polar surface area (TPSA) is 69.0 Å². The minimum atomic E-state index is 0.0843. The van der Waals surface area contributed by atoms with Gasteiger partial charge in [-0.3, -0.25) is 9.78 Å². The number of carbonyl (C=O) groups excluding carboxylic acids is 1. The van der Waals surface area contributed by atoms with Crippen molar-refractivity contribution in [2.45, 2.75) is 12.8 Å². The predicted octanol–water partition coefficient (Wildman–Crippen LogP) is 2.46. The van der Waals surface area contributed by atoms with E-state index in [0.717, 1.165) is 12.1 Å². The molecule has 1 aromatic heterocycles. The van der Waals surface area contributed by atoms with Gasteiger partial charge in [-0.1, -0.05) is 12.1 Å².